The summed E-state index contributed by atoms with van der Waals surface area (Å²) in [5.41, 5.74) is 2.72. The summed E-state index contributed by atoms with van der Waals surface area (Å²) in [5, 5.41) is 23.0. The lowest BCUT2D eigenvalue weighted by Gasteiger charge is -2.08. The van der Waals surface area contributed by atoms with Crippen LogP contribution in [-0.4, -0.2) is 36.2 Å². The van der Waals surface area contributed by atoms with Crippen LogP contribution in [0.25, 0.3) is 11.3 Å². The zero-order valence-electron chi connectivity index (χ0n) is 15.6. The molecule has 4 rings (SSSR count). The molecule has 0 aliphatic heterocycles. The number of aromatic nitrogens is 5. The Labute approximate surface area is 169 Å². The summed E-state index contributed by atoms with van der Waals surface area (Å²) in [4.78, 5) is 25.9. The Morgan fingerprint density at radius 3 is 2.83 bits per heavy atom. The maximum atomic E-state index is 12.5. The molecule has 4 aromatic rings. The van der Waals surface area contributed by atoms with E-state index >= 15 is 0 Å². The summed E-state index contributed by atoms with van der Waals surface area (Å²) in [7, 11) is 0. The number of H-pyrrole nitrogens is 1. The molecule has 0 aliphatic carbocycles. The van der Waals surface area contributed by atoms with Crippen molar-refractivity contribution in [3.05, 3.63) is 59.1 Å². The van der Waals surface area contributed by atoms with Gasteiger partial charge >= 0.3 is 0 Å². The molecule has 0 saturated heterocycles. The number of aromatic hydroxyl groups is 1. The molecule has 29 heavy (non-hydrogen) atoms. The summed E-state index contributed by atoms with van der Waals surface area (Å²) in [6.07, 6.45) is 4.90. The summed E-state index contributed by atoms with van der Waals surface area (Å²) in [6, 6.07) is 6.84. The van der Waals surface area contributed by atoms with Gasteiger partial charge in [-0.05, 0) is 25.5 Å². The first-order valence-electron chi connectivity index (χ1n) is 8.67. The summed E-state index contributed by atoms with van der Waals surface area (Å²) in [5.74, 6) is 0.824. The Balaban J connectivity index is 1.52. The molecular weight excluding hydrogens is 390 g/mol. The quantitative estimate of drug-likeness (QED) is 0.372. The number of carbonyl (C=O) groups excluding carboxylic acids is 1. The molecule has 4 N–H and O–H groups in total. The molecule has 0 bridgehead atoms. The van der Waals surface area contributed by atoms with Crippen LogP contribution in [0, 0.1) is 13.8 Å². The fourth-order valence-corrected chi connectivity index (χ4v) is 3.43. The molecule has 10 heteroatoms. The Hall–Kier alpha value is -3.79. The molecule has 3 aromatic heterocycles. The topological polar surface area (TPSA) is 129 Å². The fraction of sp³-hybridized carbons (Fsp3) is 0.105. The van der Waals surface area contributed by atoms with Gasteiger partial charge in [-0.2, -0.15) is 5.10 Å². The van der Waals surface area contributed by atoms with E-state index in [-0.39, 0.29) is 11.7 Å². The van der Waals surface area contributed by atoms with Crippen LogP contribution in [0.2, 0.25) is 0 Å². The van der Waals surface area contributed by atoms with Gasteiger partial charge in [0.1, 0.15) is 22.3 Å². The van der Waals surface area contributed by atoms with Gasteiger partial charge in [0, 0.05) is 17.8 Å². The van der Waals surface area contributed by atoms with Gasteiger partial charge in [-0.3, -0.25) is 9.89 Å². The van der Waals surface area contributed by atoms with Crippen LogP contribution in [-0.2, 0) is 0 Å². The van der Waals surface area contributed by atoms with Crippen molar-refractivity contribution in [2.24, 2.45) is 0 Å². The van der Waals surface area contributed by atoms with E-state index in [2.05, 4.69) is 35.8 Å². The molecule has 146 valence electrons. The molecule has 0 unspecified atom stereocenters. The van der Waals surface area contributed by atoms with E-state index in [4.69, 9.17) is 0 Å². The average molecular weight is 407 g/mol. The van der Waals surface area contributed by atoms with Crippen LogP contribution >= 0.6 is 11.3 Å². The lowest BCUT2D eigenvalue weighted by molar-refractivity contribution is 0.103. The van der Waals surface area contributed by atoms with Gasteiger partial charge in [0.25, 0.3) is 5.91 Å². The number of thiazole rings is 1. The maximum absolute atomic E-state index is 12.5. The molecule has 0 spiro atoms. The minimum atomic E-state index is -0.349. The average Bonchev–Trinajstić information content (AvgIpc) is 3.36. The largest absolute Gasteiger partial charge is 0.506 e. The zero-order chi connectivity index (χ0) is 20.4. The number of benzene rings is 1. The molecule has 9 nitrogen and oxygen atoms in total. The second-order valence-electron chi connectivity index (χ2n) is 6.25. The fourth-order valence-electron chi connectivity index (χ4n) is 2.71. The van der Waals surface area contributed by atoms with Crippen LogP contribution in [0.1, 0.15) is 21.1 Å². The number of hydrogen-bond donors (Lipinski definition) is 4. The second-order valence-corrected chi connectivity index (χ2v) is 7.28. The predicted molar refractivity (Wildman–Crippen MR) is 111 cm³/mol. The van der Waals surface area contributed by atoms with Gasteiger partial charge in [0.05, 0.1) is 23.8 Å². The normalized spacial score (nSPS) is 10.7. The molecule has 0 saturated carbocycles. The minimum Gasteiger partial charge on any atom is -0.506 e. The number of nitrogens with zero attached hydrogens (tertiary/aromatic N) is 4. The van der Waals surface area contributed by atoms with Crippen molar-refractivity contribution in [3.8, 4) is 17.0 Å². The van der Waals surface area contributed by atoms with Crippen LogP contribution in [0.15, 0.2) is 42.9 Å². The Morgan fingerprint density at radius 2 is 2.07 bits per heavy atom. The lowest BCUT2D eigenvalue weighted by Crippen LogP contribution is -2.11. The molecule has 3 heterocycles. The van der Waals surface area contributed by atoms with Crippen molar-refractivity contribution in [1.82, 2.24) is 25.1 Å². The Kier molecular flexibility index (Phi) is 4.92. The van der Waals surface area contributed by atoms with Crippen LogP contribution in [0.5, 0.6) is 5.75 Å². The summed E-state index contributed by atoms with van der Waals surface area (Å²) < 4.78 is 0. The van der Waals surface area contributed by atoms with Gasteiger partial charge in [-0.15, -0.1) is 0 Å². The van der Waals surface area contributed by atoms with Gasteiger partial charge in [0.2, 0.25) is 0 Å². The first-order valence-corrected chi connectivity index (χ1v) is 9.49. The number of carbonyl (C=O) groups is 1. The van der Waals surface area contributed by atoms with Crippen LogP contribution in [0.3, 0.4) is 0 Å². The highest BCUT2D eigenvalue weighted by Crippen LogP contribution is 2.29. The third-order valence-electron chi connectivity index (χ3n) is 4.09. The molecule has 0 fully saturated rings. The standard InChI is InChI=1S/C19H17N7O2S/c1-10-4-3-5-14(27)17(10)26-18(28)15-9-20-19(29-15)25-16-6-13(23-11(2)24-16)12-7-21-22-8-12/h3-9,27H,1-2H3,(H,21,22)(H,26,28)(H,20,23,24,25). The number of hydrogen-bond acceptors (Lipinski definition) is 8. The predicted octanol–water partition coefficient (Wildman–Crippen LogP) is 3.64. The van der Waals surface area contributed by atoms with E-state index in [0.717, 1.165) is 16.8 Å². The number of aromatic amines is 1. The number of para-hydroxylation sites is 1. The second kappa shape index (κ2) is 7.68. The van der Waals surface area contributed by atoms with Gasteiger partial charge in [-0.25, -0.2) is 15.0 Å². The number of amides is 1. The smallest absolute Gasteiger partial charge is 0.267 e. The first-order chi connectivity index (χ1) is 14.0. The maximum Gasteiger partial charge on any atom is 0.267 e. The third kappa shape index (κ3) is 4.06. The highest BCUT2D eigenvalue weighted by atomic mass is 32.1. The number of phenols is 1. The number of phenolic OH excluding ortho intramolecular Hbond substituents is 1. The van der Waals surface area contributed by atoms with Crippen molar-refractivity contribution < 1.29 is 9.90 Å². The lowest BCUT2D eigenvalue weighted by atomic mass is 10.2. The minimum absolute atomic E-state index is 0.0180. The summed E-state index contributed by atoms with van der Waals surface area (Å²) in [6.45, 7) is 3.61. The van der Waals surface area contributed by atoms with Crippen molar-refractivity contribution in [3.63, 3.8) is 0 Å². The van der Waals surface area contributed by atoms with Crippen molar-refractivity contribution in [1.29, 1.82) is 0 Å². The van der Waals surface area contributed by atoms with Gasteiger partial charge < -0.3 is 15.7 Å². The van der Waals surface area contributed by atoms with Crippen LogP contribution in [0.4, 0.5) is 16.6 Å². The summed E-state index contributed by atoms with van der Waals surface area (Å²) >= 11 is 1.18. The number of nitrogens with one attached hydrogen (secondary N) is 3. The molecule has 1 amide bonds. The van der Waals surface area contributed by atoms with E-state index in [1.165, 1.54) is 23.6 Å². The highest BCUT2D eigenvalue weighted by molar-refractivity contribution is 7.17. The van der Waals surface area contributed by atoms with E-state index in [1.807, 2.05) is 13.0 Å². The number of aryl methyl sites for hydroxylation is 2. The number of rotatable bonds is 5. The molecule has 0 atom stereocenters. The molecule has 0 aliphatic rings. The van der Waals surface area contributed by atoms with Crippen molar-refractivity contribution in [2.45, 2.75) is 13.8 Å². The van der Waals surface area contributed by atoms with E-state index in [9.17, 15) is 9.90 Å². The number of anilines is 3. The monoisotopic (exact) mass is 407 g/mol. The van der Waals surface area contributed by atoms with E-state index < -0.39 is 0 Å². The zero-order valence-corrected chi connectivity index (χ0v) is 16.4. The molecular formula is C19H17N7O2S. The van der Waals surface area contributed by atoms with Crippen LogP contribution < -0.4 is 10.6 Å². The van der Waals surface area contributed by atoms with Crippen molar-refractivity contribution >= 4 is 33.9 Å². The van der Waals surface area contributed by atoms with Gasteiger partial charge in [-0.1, -0.05) is 23.5 Å². The van der Waals surface area contributed by atoms with Crippen molar-refractivity contribution in [2.75, 3.05) is 10.6 Å². The first kappa shape index (κ1) is 18.6. The molecule has 0 radical (unpaired) electrons. The Morgan fingerprint density at radius 1 is 1.21 bits per heavy atom. The van der Waals surface area contributed by atoms with Gasteiger partial charge in [0.15, 0.2) is 5.13 Å². The Bertz CT molecular complexity index is 1150. The highest BCUT2D eigenvalue weighted by Gasteiger charge is 2.15. The van der Waals surface area contributed by atoms with E-state index in [1.54, 1.807) is 31.5 Å². The molecule has 1 aromatic carbocycles. The SMILES string of the molecule is Cc1nc(Nc2ncc(C(=O)Nc3c(C)cccc3O)s2)cc(-c2cn[nH]c2)n1. The third-order valence-corrected chi connectivity index (χ3v) is 5.00. The van der Waals surface area contributed by atoms with E-state index in [0.29, 0.717) is 27.3 Å².